The minimum absolute atomic E-state index is 0.266. The standard InChI is InChI=1S/C21H26N2O3/c1-16(2)17-7-9-19(10-8-17)26-12-11-25-14-18(24)13-23-15-22-20-5-3-4-6-21(20)23/h3-10,15-16,18,24H,11-14H2,1-2H3/t18-/m0/s1. The van der Waals surface area contributed by atoms with Crippen LogP contribution in [0.2, 0.25) is 0 Å². The number of fused-ring (bicyclic) bond motifs is 1. The third-order valence-electron chi connectivity index (χ3n) is 4.29. The van der Waals surface area contributed by atoms with E-state index >= 15 is 0 Å². The first-order valence-corrected chi connectivity index (χ1v) is 9.02. The maximum absolute atomic E-state index is 10.2. The maximum atomic E-state index is 10.2. The van der Waals surface area contributed by atoms with Crippen LogP contribution >= 0.6 is 0 Å². The van der Waals surface area contributed by atoms with Crippen LogP contribution in [0.15, 0.2) is 54.9 Å². The second-order valence-electron chi connectivity index (χ2n) is 6.69. The first kappa shape index (κ1) is 18.4. The van der Waals surface area contributed by atoms with Gasteiger partial charge in [-0.3, -0.25) is 0 Å². The topological polar surface area (TPSA) is 56.5 Å². The first-order valence-electron chi connectivity index (χ1n) is 9.02. The highest BCUT2D eigenvalue weighted by molar-refractivity contribution is 5.74. The van der Waals surface area contributed by atoms with Gasteiger partial charge >= 0.3 is 0 Å². The number of rotatable bonds is 9. The second-order valence-corrected chi connectivity index (χ2v) is 6.69. The Hall–Kier alpha value is -2.37. The Balaban J connectivity index is 1.37. The number of ether oxygens (including phenoxy) is 2. The van der Waals surface area contributed by atoms with Gasteiger partial charge in [-0.2, -0.15) is 0 Å². The van der Waals surface area contributed by atoms with Crippen molar-refractivity contribution in [2.45, 2.75) is 32.4 Å². The fraction of sp³-hybridized carbons (Fsp3) is 0.381. The molecule has 3 rings (SSSR count). The molecule has 0 saturated carbocycles. The second kappa shape index (κ2) is 8.83. The average molecular weight is 354 g/mol. The lowest BCUT2D eigenvalue weighted by atomic mass is 10.0. The number of hydrogen-bond donors (Lipinski definition) is 1. The summed E-state index contributed by atoms with van der Waals surface area (Å²) in [6.07, 6.45) is 1.16. The van der Waals surface area contributed by atoms with Gasteiger partial charge in [0.05, 0.1) is 43.2 Å². The summed E-state index contributed by atoms with van der Waals surface area (Å²) in [5.41, 5.74) is 3.24. The van der Waals surface area contributed by atoms with Crippen molar-refractivity contribution in [1.29, 1.82) is 0 Å². The van der Waals surface area contributed by atoms with Gasteiger partial charge in [0.1, 0.15) is 12.4 Å². The fourth-order valence-electron chi connectivity index (χ4n) is 2.82. The zero-order chi connectivity index (χ0) is 18.4. The quantitative estimate of drug-likeness (QED) is 0.596. The van der Waals surface area contributed by atoms with Crippen LogP contribution in [0.25, 0.3) is 11.0 Å². The molecule has 0 radical (unpaired) electrons. The van der Waals surface area contributed by atoms with Crippen LogP contribution in [-0.2, 0) is 11.3 Å². The molecule has 26 heavy (non-hydrogen) atoms. The smallest absolute Gasteiger partial charge is 0.119 e. The van der Waals surface area contributed by atoms with Gasteiger partial charge in [-0.25, -0.2) is 4.98 Å². The van der Waals surface area contributed by atoms with Crippen molar-refractivity contribution in [3.63, 3.8) is 0 Å². The molecule has 0 bridgehead atoms. The molecule has 1 atom stereocenters. The predicted octanol–water partition coefficient (Wildman–Crippen LogP) is 3.62. The van der Waals surface area contributed by atoms with E-state index in [2.05, 4.69) is 31.0 Å². The number of aliphatic hydroxyl groups is 1. The zero-order valence-corrected chi connectivity index (χ0v) is 15.3. The highest BCUT2D eigenvalue weighted by atomic mass is 16.5. The molecular formula is C21H26N2O3. The van der Waals surface area contributed by atoms with Crippen molar-refractivity contribution < 1.29 is 14.6 Å². The highest BCUT2D eigenvalue weighted by Crippen LogP contribution is 2.18. The van der Waals surface area contributed by atoms with Crippen LogP contribution < -0.4 is 4.74 Å². The van der Waals surface area contributed by atoms with E-state index in [1.54, 1.807) is 6.33 Å². The number of nitrogens with zero attached hydrogens (tertiary/aromatic N) is 2. The van der Waals surface area contributed by atoms with Gasteiger partial charge in [-0.1, -0.05) is 38.1 Å². The van der Waals surface area contributed by atoms with Crippen molar-refractivity contribution in [3.05, 3.63) is 60.4 Å². The van der Waals surface area contributed by atoms with Crippen LogP contribution in [0, 0.1) is 0 Å². The minimum atomic E-state index is -0.585. The molecule has 1 N–H and O–H groups in total. The molecule has 0 aliphatic heterocycles. The van der Waals surface area contributed by atoms with E-state index < -0.39 is 6.10 Å². The summed E-state index contributed by atoms with van der Waals surface area (Å²) < 4.78 is 13.1. The summed E-state index contributed by atoms with van der Waals surface area (Å²) in [7, 11) is 0. The molecular weight excluding hydrogens is 328 g/mol. The van der Waals surface area contributed by atoms with Gasteiger partial charge in [-0.05, 0) is 35.7 Å². The molecule has 2 aromatic carbocycles. The van der Waals surface area contributed by atoms with E-state index in [-0.39, 0.29) is 6.61 Å². The molecule has 0 unspecified atom stereocenters. The Morgan fingerprint density at radius 1 is 1.04 bits per heavy atom. The Morgan fingerprint density at radius 3 is 2.58 bits per heavy atom. The van der Waals surface area contributed by atoms with Crippen LogP contribution in [0.1, 0.15) is 25.3 Å². The number of imidazole rings is 1. The normalized spacial score (nSPS) is 12.6. The molecule has 138 valence electrons. The van der Waals surface area contributed by atoms with Crippen LogP contribution in [0.3, 0.4) is 0 Å². The molecule has 1 heterocycles. The third-order valence-corrected chi connectivity index (χ3v) is 4.29. The molecule has 0 aliphatic rings. The lowest BCUT2D eigenvalue weighted by Gasteiger charge is -2.13. The van der Waals surface area contributed by atoms with Crippen molar-refractivity contribution in [3.8, 4) is 5.75 Å². The molecule has 0 amide bonds. The summed E-state index contributed by atoms with van der Waals surface area (Å²) in [4.78, 5) is 4.32. The van der Waals surface area contributed by atoms with Gasteiger partial charge in [0, 0.05) is 0 Å². The van der Waals surface area contributed by atoms with Gasteiger partial charge in [0.25, 0.3) is 0 Å². The summed E-state index contributed by atoms with van der Waals surface area (Å²) in [5, 5.41) is 10.2. The van der Waals surface area contributed by atoms with Crippen molar-refractivity contribution >= 4 is 11.0 Å². The number of hydrogen-bond acceptors (Lipinski definition) is 4. The number of aliphatic hydroxyl groups excluding tert-OH is 1. The summed E-state index contributed by atoms with van der Waals surface area (Å²) >= 11 is 0. The van der Waals surface area contributed by atoms with E-state index in [1.807, 2.05) is 41.0 Å². The van der Waals surface area contributed by atoms with Crippen LogP contribution in [-0.4, -0.2) is 40.6 Å². The molecule has 0 aliphatic carbocycles. The fourth-order valence-corrected chi connectivity index (χ4v) is 2.82. The van der Waals surface area contributed by atoms with Gasteiger partial charge < -0.3 is 19.1 Å². The molecule has 0 spiro atoms. The number of benzene rings is 2. The summed E-state index contributed by atoms with van der Waals surface area (Å²) in [6, 6.07) is 16.0. The minimum Gasteiger partial charge on any atom is -0.491 e. The van der Waals surface area contributed by atoms with Crippen molar-refractivity contribution in [2.75, 3.05) is 19.8 Å². The Labute approximate surface area is 154 Å². The molecule has 0 fully saturated rings. The van der Waals surface area contributed by atoms with E-state index in [0.717, 1.165) is 16.8 Å². The Kier molecular flexibility index (Phi) is 6.26. The van der Waals surface area contributed by atoms with Gasteiger partial charge in [-0.15, -0.1) is 0 Å². The molecule has 0 saturated heterocycles. The highest BCUT2D eigenvalue weighted by Gasteiger charge is 2.08. The van der Waals surface area contributed by atoms with E-state index in [9.17, 15) is 5.11 Å². The van der Waals surface area contributed by atoms with E-state index in [4.69, 9.17) is 9.47 Å². The van der Waals surface area contributed by atoms with E-state index in [1.165, 1.54) is 5.56 Å². The Bertz CT molecular complexity index is 811. The molecule has 1 aromatic heterocycles. The summed E-state index contributed by atoms with van der Waals surface area (Å²) in [6.45, 7) is 5.96. The first-order chi connectivity index (χ1) is 12.6. The van der Waals surface area contributed by atoms with E-state index in [0.29, 0.717) is 25.7 Å². The van der Waals surface area contributed by atoms with Crippen LogP contribution in [0.4, 0.5) is 0 Å². The monoisotopic (exact) mass is 354 g/mol. The van der Waals surface area contributed by atoms with Gasteiger partial charge in [0.15, 0.2) is 0 Å². The predicted molar refractivity (Wildman–Crippen MR) is 103 cm³/mol. The number of aromatic nitrogens is 2. The molecule has 5 heteroatoms. The largest absolute Gasteiger partial charge is 0.491 e. The number of para-hydroxylation sites is 2. The van der Waals surface area contributed by atoms with Crippen LogP contribution in [0.5, 0.6) is 5.75 Å². The lowest BCUT2D eigenvalue weighted by Crippen LogP contribution is -2.23. The lowest BCUT2D eigenvalue weighted by molar-refractivity contribution is 0.0178. The maximum Gasteiger partial charge on any atom is 0.119 e. The summed E-state index contributed by atoms with van der Waals surface area (Å²) in [5.74, 6) is 1.35. The zero-order valence-electron chi connectivity index (χ0n) is 15.3. The van der Waals surface area contributed by atoms with Gasteiger partial charge in [0.2, 0.25) is 0 Å². The Morgan fingerprint density at radius 2 is 1.81 bits per heavy atom. The molecule has 5 nitrogen and oxygen atoms in total. The molecule has 3 aromatic rings. The average Bonchev–Trinajstić information content (AvgIpc) is 3.05. The third kappa shape index (κ3) is 4.84. The van der Waals surface area contributed by atoms with Crippen molar-refractivity contribution in [1.82, 2.24) is 9.55 Å². The SMILES string of the molecule is CC(C)c1ccc(OCCOC[C@@H](O)Cn2cnc3ccccc32)cc1. The van der Waals surface area contributed by atoms with Crippen molar-refractivity contribution in [2.24, 2.45) is 0 Å².